The van der Waals surface area contributed by atoms with Gasteiger partial charge in [0.05, 0.1) is 44.0 Å². The van der Waals surface area contributed by atoms with Crippen molar-refractivity contribution >= 4 is 15.9 Å². The van der Waals surface area contributed by atoms with Crippen LogP contribution in [0.1, 0.15) is 23.5 Å². The van der Waals surface area contributed by atoms with Gasteiger partial charge in [0.1, 0.15) is 5.75 Å². The second-order valence-corrected chi connectivity index (χ2v) is 11.6. The minimum Gasteiger partial charge on any atom is -0.497 e. The number of carbonyl (C=O) groups is 1. The standard InChI is InChI=1S/C28H33F3N2O8S/c1-38-23-6-8-24(9-7-23)42(36,37)33(10-14-34)13-17-40-26-19-21(20-2-4-22(5-3-20)28(29,30)31)18-25(41-26)27(35)32-11-15-39-16-12-32/h2-9,18,21,26,34H,10-17,19H2,1H3/t21-,26+/m1/s1. The molecule has 14 heteroatoms. The molecule has 2 aromatic rings. The maximum atomic E-state index is 13.2. The molecular weight excluding hydrogens is 581 g/mol. The number of aliphatic hydroxyl groups excluding tert-OH is 1. The molecule has 10 nitrogen and oxygen atoms in total. The topological polar surface area (TPSA) is 115 Å². The first-order chi connectivity index (χ1) is 20.0. The fraction of sp³-hybridized carbons (Fsp3) is 0.464. The molecular formula is C28H33F3N2O8S. The van der Waals surface area contributed by atoms with Crippen LogP contribution in [0, 0.1) is 0 Å². The fourth-order valence-electron chi connectivity index (χ4n) is 4.63. The van der Waals surface area contributed by atoms with Crippen LogP contribution in [-0.2, 0) is 35.2 Å². The summed E-state index contributed by atoms with van der Waals surface area (Å²) in [4.78, 5) is 14.8. The summed E-state index contributed by atoms with van der Waals surface area (Å²) in [7, 11) is -2.52. The summed E-state index contributed by atoms with van der Waals surface area (Å²) >= 11 is 0. The van der Waals surface area contributed by atoms with E-state index < -0.39 is 46.5 Å². The van der Waals surface area contributed by atoms with Crippen LogP contribution in [0.25, 0.3) is 0 Å². The maximum absolute atomic E-state index is 13.2. The number of sulfonamides is 1. The third kappa shape index (κ3) is 7.81. The Kier molecular flexibility index (Phi) is 10.5. The molecule has 230 valence electrons. The van der Waals surface area contributed by atoms with Crippen LogP contribution < -0.4 is 4.74 Å². The molecule has 2 heterocycles. The average molecular weight is 615 g/mol. The molecule has 4 rings (SSSR count). The molecule has 0 spiro atoms. The van der Waals surface area contributed by atoms with E-state index in [4.69, 9.17) is 18.9 Å². The van der Waals surface area contributed by atoms with Crippen molar-refractivity contribution in [3.63, 3.8) is 0 Å². The number of aliphatic hydroxyl groups is 1. The van der Waals surface area contributed by atoms with Gasteiger partial charge in [0.15, 0.2) is 5.76 Å². The van der Waals surface area contributed by atoms with Crippen LogP contribution in [0.15, 0.2) is 65.3 Å². The monoisotopic (exact) mass is 614 g/mol. The molecule has 2 aliphatic heterocycles. The second kappa shape index (κ2) is 13.9. The van der Waals surface area contributed by atoms with Crippen molar-refractivity contribution in [3.05, 3.63) is 71.5 Å². The summed E-state index contributed by atoms with van der Waals surface area (Å²) < 4.78 is 88.9. The van der Waals surface area contributed by atoms with Crippen LogP contribution in [0.2, 0.25) is 0 Å². The highest BCUT2D eigenvalue weighted by Crippen LogP contribution is 2.35. The first-order valence-corrected chi connectivity index (χ1v) is 14.8. The number of amides is 1. The van der Waals surface area contributed by atoms with Crippen LogP contribution in [-0.4, -0.2) is 94.6 Å². The molecule has 2 atom stereocenters. The minimum atomic E-state index is -4.49. The van der Waals surface area contributed by atoms with Gasteiger partial charge in [-0.25, -0.2) is 8.42 Å². The summed E-state index contributed by atoms with van der Waals surface area (Å²) in [6, 6.07) is 10.5. The Morgan fingerprint density at radius 1 is 1.07 bits per heavy atom. The number of ether oxygens (including phenoxy) is 4. The quantitative estimate of drug-likeness (QED) is 0.411. The van der Waals surface area contributed by atoms with E-state index in [2.05, 4.69) is 0 Å². The van der Waals surface area contributed by atoms with Gasteiger partial charge in [0.25, 0.3) is 5.91 Å². The van der Waals surface area contributed by atoms with E-state index in [1.54, 1.807) is 11.0 Å². The summed E-state index contributed by atoms with van der Waals surface area (Å²) in [6.07, 6.45) is -3.72. The predicted molar refractivity (Wildman–Crippen MR) is 144 cm³/mol. The van der Waals surface area contributed by atoms with Crippen molar-refractivity contribution in [2.45, 2.75) is 29.7 Å². The van der Waals surface area contributed by atoms with Gasteiger partial charge in [0, 0.05) is 38.5 Å². The molecule has 2 aliphatic rings. The largest absolute Gasteiger partial charge is 0.497 e. The van der Waals surface area contributed by atoms with Crippen molar-refractivity contribution in [2.75, 3.05) is 59.7 Å². The summed E-state index contributed by atoms with van der Waals surface area (Å²) in [6.45, 7) is 0.569. The summed E-state index contributed by atoms with van der Waals surface area (Å²) in [5.41, 5.74) is -0.252. The lowest BCUT2D eigenvalue weighted by Gasteiger charge is -2.33. The van der Waals surface area contributed by atoms with Crippen LogP contribution in [0.4, 0.5) is 13.2 Å². The van der Waals surface area contributed by atoms with E-state index in [1.807, 2.05) is 0 Å². The number of morpholine rings is 1. The first-order valence-electron chi connectivity index (χ1n) is 13.3. The second-order valence-electron chi connectivity index (χ2n) is 9.62. The smallest absolute Gasteiger partial charge is 0.416 e. The molecule has 1 fully saturated rings. The van der Waals surface area contributed by atoms with Gasteiger partial charge < -0.3 is 29.0 Å². The maximum Gasteiger partial charge on any atom is 0.416 e. The number of hydrogen-bond donors (Lipinski definition) is 1. The van der Waals surface area contributed by atoms with Crippen molar-refractivity contribution in [1.29, 1.82) is 0 Å². The molecule has 0 radical (unpaired) electrons. The molecule has 42 heavy (non-hydrogen) atoms. The van der Waals surface area contributed by atoms with Gasteiger partial charge in [-0.2, -0.15) is 17.5 Å². The van der Waals surface area contributed by atoms with Crippen LogP contribution in [0.3, 0.4) is 0 Å². The zero-order valence-corrected chi connectivity index (χ0v) is 23.8. The Hall–Kier alpha value is -3.17. The average Bonchev–Trinajstić information content (AvgIpc) is 3.00. The molecule has 0 bridgehead atoms. The lowest BCUT2D eigenvalue weighted by atomic mass is 9.92. The molecule has 0 saturated carbocycles. The Morgan fingerprint density at radius 3 is 2.33 bits per heavy atom. The molecule has 0 aliphatic carbocycles. The van der Waals surface area contributed by atoms with E-state index in [0.29, 0.717) is 37.6 Å². The highest BCUT2D eigenvalue weighted by Gasteiger charge is 2.34. The van der Waals surface area contributed by atoms with Gasteiger partial charge in [-0.1, -0.05) is 12.1 Å². The molecule has 1 N–H and O–H groups in total. The number of hydrogen-bond acceptors (Lipinski definition) is 8. The lowest BCUT2D eigenvalue weighted by molar-refractivity contribution is -0.155. The Morgan fingerprint density at radius 2 is 1.74 bits per heavy atom. The Labute approximate surface area is 242 Å². The highest BCUT2D eigenvalue weighted by molar-refractivity contribution is 7.89. The number of carbonyl (C=O) groups excluding carboxylic acids is 1. The van der Waals surface area contributed by atoms with Crippen LogP contribution >= 0.6 is 0 Å². The molecule has 0 aromatic heterocycles. The van der Waals surface area contributed by atoms with E-state index in [9.17, 15) is 31.5 Å². The van der Waals surface area contributed by atoms with Crippen molar-refractivity contribution in [1.82, 2.24) is 9.21 Å². The van der Waals surface area contributed by atoms with Crippen molar-refractivity contribution in [3.8, 4) is 5.75 Å². The Balaban J connectivity index is 1.49. The number of nitrogens with zero attached hydrogens (tertiary/aromatic N) is 2. The molecule has 1 saturated heterocycles. The van der Waals surface area contributed by atoms with E-state index in [-0.39, 0.29) is 36.8 Å². The lowest BCUT2D eigenvalue weighted by Crippen LogP contribution is -2.43. The van der Waals surface area contributed by atoms with Crippen molar-refractivity contribution in [2.24, 2.45) is 0 Å². The SMILES string of the molecule is COc1ccc(S(=O)(=O)N(CCO)CCO[C@@H]2C[C@H](c3ccc(C(F)(F)F)cc3)C=C(C(=O)N3CCOCC3)O2)cc1. The summed E-state index contributed by atoms with van der Waals surface area (Å²) in [5.74, 6) is -0.412. The number of benzene rings is 2. The number of rotatable bonds is 11. The first kappa shape index (κ1) is 31.8. The molecule has 0 unspecified atom stereocenters. The number of allylic oxidation sites excluding steroid dienone is 1. The fourth-order valence-corrected chi connectivity index (χ4v) is 6.05. The predicted octanol–water partition coefficient (Wildman–Crippen LogP) is 2.99. The van der Waals surface area contributed by atoms with Gasteiger partial charge in [-0.15, -0.1) is 0 Å². The van der Waals surface area contributed by atoms with Gasteiger partial charge in [-0.3, -0.25) is 4.79 Å². The zero-order valence-electron chi connectivity index (χ0n) is 23.0. The van der Waals surface area contributed by atoms with E-state index in [0.717, 1.165) is 16.4 Å². The van der Waals surface area contributed by atoms with Crippen LogP contribution in [0.5, 0.6) is 5.75 Å². The third-order valence-corrected chi connectivity index (χ3v) is 8.84. The normalized spacial score (nSPS) is 19.8. The van der Waals surface area contributed by atoms with E-state index in [1.165, 1.54) is 43.5 Å². The zero-order chi connectivity index (χ0) is 30.3. The third-order valence-electron chi connectivity index (χ3n) is 6.92. The highest BCUT2D eigenvalue weighted by atomic mass is 32.2. The molecule has 2 aromatic carbocycles. The Bertz CT molecular complexity index is 1330. The number of alkyl halides is 3. The van der Waals surface area contributed by atoms with Crippen molar-refractivity contribution < 1.29 is 50.4 Å². The number of methoxy groups -OCH3 is 1. The van der Waals surface area contributed by atoms with Gasteiger partial charge >= 0.3 is 6.18 Å². The number of halogens is 3. The molecule has 1 amide bonds. The van der Waals surface area contributed by atoms with Gasteiger partial charge in [0.2, 0.25) is 16.3 Å². The van der Waals surface area contributed by atoms with E-state index >= 15 is 0 Å². The minimum absolute atomic E-state index is 0.00360. The van der Waals surface area contributed by atoms with Gasteiger partial charge in [-0.05, 0) is 48.0 Å². The summed E-state index contributed by atoms with van der Waals surface area (Å²) in [5, 5.41) is 9.51.